The molecule has 17 heavy (non-hydrogen) atoms. The van der Waals surface area contributed by atoms with E-state index in [1.54, 1.807) is 0 Å². The second kappa shape index (κ2) is 13.8. The summed E-state index contributed by atoms with van der Waals surface area (Å²) in [5.41, 5.74) is 0. The number of rotatable bonds is 0. The van der Waals surface area contributed by atoms with Gasteiger partial charge in [-0.15, -0.1) is 0 Å². The molecule has 0 unspecified atom stereocenters. The van der Waals surface area contributed by atoms with Gasteiger partial charge in [0.15, 0.2) is 0 Å². The van der Waals surface area contributed by atoms with Gasteiger partial charge in [-0.2, -0.15) is 6.42 Å². The van der Waals surface area contributed by atoms with Crippen LogP contribution in [0.4, 0.5) is 0 Å². The Morgan fingerprint density at radius 1 is 0.647 bits per heavy atom. The van der Waals surface area contributed by atoms with Crippen LogP contribution in [0.5, 0.6) is 0 Å². The van der Waals surface area contributed by atoms with E-state index >= 15 is 0 Å². The van der Waals surface area contributed by atoms with Crippen LogP contribution in [0.25, 0.3) is 0 Å². The van der Waals surface area contributed by atoms with Crippen LogP contribution in [0.3, 0.4) is 0 Å². The molecule has 2 aliphatic carbocycles. The summed E-state index contributed by atoms with van der Waals surface area (Å²) in [5, 5.41) is 0. The van der Waals surface area contributed by atoms with Crippen molar-refractivity contribution < 1.29 is 16.8 Å². The van der Waals surface area contributed by atoms with Crippen molar-refractivity contribution in [3.63, 3.8) is 0 Å². The third kappa shape index (κ3) is 12.0. The number of hydrogen-bond donors (Lipinski definition) is 0. The van der Waals surface area contributed by atoms with Crippen LogP contribution in [0.15, 0.2) is 30.4 Å². The fraction of sp³-hybridized carbons (Fsp3) is 0.625. The molecule has 1 radical (unpaired) electrons. The van der Waals surface area contributed by atoms with Crippen molar-refractivity contribution in [2.45, 2.75) is 64.2 Å². The zero-order chi connectivity index (χ0) is 11.3. The Morgan fingerprint density at radius 2 is 1.24 bits per heavy atom. The molecule has 0 aromatic rings. The van der Waals surface area contributed by atoms with Crippen LogP contribution < -0.4 is 0 Å². The van der Waals surface area contributed by atoms with E-state index in [2.05, 4.69) is 36.5 Å². The quantitative estimate of drug-likeness (QED) is 0.522. The van der Waals surface area contributed by atoms with Crippen LogP contribution in [0, 0.1) is 6.08 Å². The molecule has 2 aliphatic rings. The summed E-state index contributed by atoms with van der Waals surface area (Å²) in [6.07, 6.45) is 27.5. The van der Waals surface area contributed by atoms with E-state index in [0.717, 1.165) is 0 Å². The summed E-state index contributed by atoms with van der Waals surface area (Å²) in [7, 11) is 0. The first kappa shape index (κ1) is 16.7. The topological polar surface area (TPSA) is 0 Å². The zero-order valence-electron chi connectivity index (χ0n) is 10.8. The molecule has 97 valence electrons. The fourth-order valence-corrected chi connectivity index (χ4v) is 1.91. The van der Waals surface area contributed by atoms with Crippen molar-refractivity contribution in [2.75, 3.05) is 0 Å². The second-order valence-corrected chi connectivity index (χ2v) is 4.50. The average Bonchev–Trinajstić information content (AvgIpc) is 2.15. The molecule has 0 amide bonds. The molecule has 0 aliphatic heterocycles. The molecule has 0 spiro atoms. The van der Waals surface area contributed by atoms with Crippen LogP contribution in [0.1, 0.15) is 64.2 Å². The van der Waals surface area contributed by atoms with Gasteiger partial charge in [0.2, 0.25) is 0 Å². The van der Waals surface area contributed by atoms with Crippen LogP contribution >= 0.6 is 0 Å². The van der Waals surface area contributed by atoms with E-state index in [1.807, 2.05) is 0 Å². The Kier molecular flexibility index (Phi) is 13.6. The maximum absolute atomic E-state index is 3.26. The van der Waals surface area contributed by atoms with Gasteiger partial charge < -0.3 is 6.08 Å². The van der Waals surface area contributed by atoms with Gasteiger partial charge >= 0.3 is 16.8 Å². The molecule has 2 rings (SSSR count). The third-order valence-corrected chi connectivity index (χ3v) is 2.94. The molecule has 0 N–H and O–H groups in total. The van der Waals surface area contributed by atoms with Gasteiger partial charge in [-0.05, 0) is 25.7 Å². The van der Waals surface area contributed by atoms with Gasteiger partial charge in [0, 0.05) is 0 Å². The van der Waals surface area contributed by atoms with Gasteiger partial charge in [0.1, 0.15) is 0 Å². The smallest absolute Gasteiger partial charge is 0.501 e. The Bertz CT molecular complexity index is 202. The standard InChI is InChI=1S/C8H13.C8H12.Co/c2*1-2-4-6-8-7-5-3-1;/h1H,2,4-8H2;1-4H,5-8H2;/q-1;;+2/b;3-1-,4-2-;. The van der Waals surface area contributed by atoms with Gasteiger partial charge in [0.25, 0.3) is 0 Å². The second-order valence-electron chi connectivity index (χ2n) is 4.50. The summed E-state index contributed by atoms with van der Waals surface area (Å²) in [6.45, 7) is 0. The predicted octanol–water partition coefficient (Wildman–Crippen LogP) is 5.37. The molecule has 0 nitrogen and oxygen atoms in total. The van der Waals surface area contributed by atoms with Gasteiger partial charge in [-0.1, -0.05) is 56.4 Å². The minimum atomic E-state index is 0. The van der Waals surface area contributed by atoms with Gasteiger partial charge in [0.05, 0.1) is 0 Å². The largest absolute Gasteiger partial charge is 2.00 e. The van der Waals surface area contributed by atoms with Gasteiger partial charge in [-0.3, -0.25) is 6.08 Å². The van der Waals surface area contributed by atoms with E-state index in [4.69, 9.17) is 0 Å². The zero-order valence-corrected chi connectivity index (χ0v) is 11.8. The summed E-state index contributed by atoms with van der Waals surface area (Å²) >= 11 is 0. The summed E-state index contributed by atoms with van der Waals surface area (Å²) in [5.74, 6) is 0. The monoisotopic (exact) mass is 276 g/mol. The van der Waals surface area contributed by atoms with E-state index < -0.39 is 0 Å². The SMILES string of the molecule is C1=C\CCCC\C=C/1.[C-]1=CCCCCCC1.[Co+2]. The van der Waals surface area contributed by atoms with E-state index in [-0.39, 0.29) is 16.8 Å². The Balaban J connectivity index is 0.000000284. The van der Waals surface area contributed by atoms with Crippen molar-refractivity contribution in [3.05, 3.63) is 36.5 Å². The molecular formula is C16H25Co+. The predicted molar refractivity (Wildman–Crippen MR) is 72.3 cm³/mol. The molecule has 0 bridgehead atoms. The van der Waals surface area contributed by atoms with E-state index in [0.29, 0.717) is 0 Å². The third-order valence-electron chi connectivity index (χ3n) is 2.94. The van der Waals surface area contributed by atoms with Gasteiger partial charge in [-0.25, -0.2) is 0 Å². The molecule has 1 heteroatoms. The van der Waals surface area contributed by atoms with Crippen LogP contribution in [-0.2, 0) is 16.8 Å². The minimum Gasteiger partial charge on any atom is -0.501 e. The van der Waals surface area contributed by atoms with E-state index in [9.17, 15) is 0 Å². The molecule has 0 aromatic carbocycles. The van der Waals surface area contributed by atoms with Crippen molar-refractivity contribution in [1.82, 2.24) is 0 Å². The van der Waals surface area contributed by atoms with E-state index in [1.165, 1.54) is 64.2 Å². The average molecular weight is 276 g/mol. The number of allylic oxidation sites excluding steroid dienone is 6. The summed E-state index contributed by atoms with van der Waals surface area (Å²) < 4.78 is 0. The molecular weight excluding hydrogens is 251 g/mol. The maximum atomic E-state index is 3.26. The van der Waals surface area contributed by atoms with Crippen LogP contribution in [0.2, 0.25) is 0 Å². The Hall–Kier alpha value is -0.274. The van der Waals surface area contributed by atoms with Crippen molar-refractivity contribution in [2.24, 2.45) is 0 Å². The molecule has 0 atom stereocenters. The molecule has 0 aromatic heterocycles. The number of hydrogen-bond acceptors (Lipinski definition) is 0. The fourth-order valence-electron chi connectivity index (χ4n) is 1.91. The first-order chi connectivity index (χ1) is 8.00. The van der Waals surface area contributed by atoms with Crippen molar-refractivity contribution in [1.29, 1.82) is 0 Å². The van der Waals surface area contributed by atoms with Crippen molar-refractivity contribution in [3.8, 4) is 0 Å². The minimum absolute atomic E-state index is 0. The summed E-state index contributed by atoms with van der Waals surface area (Å²) in [6, 6.07) is 0. The normalized spacial score (nSPS) is 23.5. The molecule has 0 heterocycles. The summed E-state index contributed by atoms with van der Waals surface area (Å²) in [4.78, 5) is 0. The maximum Gasteiger partial charge on any atom is 2.00 e. The first-order valence-corrected chi connectivity index (χ1v) is 6.87. The Morgan fingerprint density at radius 3 is 1.94 bits per heavy atom. The first-order valence-electron chi connectivity index (χ1n) is 6.87. The molecule has 0 saturated heterocycles. The van der Waals surface area contributed by atoms with Crippen LogP contribution in [-0.4, -0.2) is 0 Å². The van der Waals surface area contributed by atoms with Crippen molar-refractivity contribution >= 4 is 0 Å². The molecule has 0 fully saturated rings. The Labute approximate surface area is 117 Å². The molecule has 0 saturated carbocycles.